The first-order chi connectivity index (χ1) is 7.11. The van der Waals surface area contributed by atoms with Gasteiger partial charge in [-0.05, 0) is 29.4 Å². The van der Waals surface area contributed by atoms with Crippen molar-refractivity contribution in [1.29, 1.82) is 0 Å². The Morgan fingerprint density at radius 2 is 2.27 bits per heavy atom. The second-order valence-electron chi connectivity index (χ2n) is 4.52. The summed E-state index contributed by atoms with van der Waals surface area (Å²) in [6.45, 7) is 6.59. The van der Waals surface area contributed by atoms with E-state index in [2.05, 4.69) is 31.8 Å². The van der Waals surface area contributed by atoms with E-state index in [4.69, 9.17) is 0 Å². The van der Waals surface area contributed by atoms with E-state index in [-0.39, 0.29) is 5.41 Å². The highest BCUT2D eigenvalue weighted by molar-refractivity contribution is 5.49. The number of nitrogens with zero attached hydrogens (tertiary/aromatic N) is 1. The maximum Gasteiger partial charge on any atom is 0.120 e. The van der Waals surface area contributed by atoms with Crippen LogP contribution in [0, 0.1) is 5.92 Å². The molecule has 0 aromatic carbocycles. The monoisotopic (exact) mass is 205 g/mol. The van der Waals surface area contributed by atoms with Crippen molar-refractivity contribution >= 4 is 6.29 Å². The molecule has 0 saturated carbocycles. The lowest BCUT2D eigenvalue weighted by Gasteiger charge is -2.33. The van der Waals surface area contributed by atoms with E-state index < -0.39 is 0 Å². The Kier molecular flexibility index (Phi) is 4.01. The molecule has 0 aliphatic carbocycles. The quantitative estimate of drug-likeness (QED) is 0.692. The van der Waals surface area contributed by atoms with Crippen molar-refractivity contribution < 1.29 is 4.79 Å². The van der Waals surface area contributed by atoms with E-state index in [0.717, 1.165) is 12.7 Å². The van der Waals surface area contributed by atoms with Crippen molar-refractivity contribution in [2.24, 2.45) is 5.92 Å². The minimum absolute atomic E-state index is 0.0508. The summed E-state index contributed by atoms with van der Waals surface area (Å²) < 4.78 is 0. The molecule has 0 bridgehead atoms. The van der Waals surface area contributed by atoms with Crippen molar-refractivity contribution in [2.45, 2.75) is 39.0 Å². The van der Waals surface area contributed by atoms with E-state index in [0.29, 0.717) is 12.3 Å². The van der Waals surface area contributed by atoms with Gasteiger partial charge in [0.2, 0.25) is 0 Å². The van der Waals surface area contributed by atoms with Crippen LogP contribution in [0.4, 0.5) is 0 Å². The molecule has 1 atom stereocenters. The molecule has 1 unspecified atom stereocenters. The number of carbonyl (C=O) groups excluding carboxylic acids is 1. The third kappa shape index (κ3) is 2.65. The predicted octanol–water partition coefficient (Wildman–Crippen LogP) is 2.97. The molecule has 0 N–H and O–H groups in total. The molecular formula is C13H19NO. The van der Waals surface area contributed by atoms with Gasteiger partial charge in [0.1, 0.15) is 6.29 Å². The number of rotatable bonds is 5. The second kappa shape index (κ2) is 5.06. The summed E-state index contributed by atoms with van der Waals surface area (Å²) in [5.74, 6) is 0.502. The lowest BCUT2D eigenvalue weighted by Crippen LogP contribution is -2.28. The fourth-order valence-electron chi connectivity index (χ4n) is 1.83. The fraction of sp³-hybridized carbons (Fsp3) is 0.538. The number of aromatic nitrogens is 1. The molecule has 2 nitrogen and oxygen atoms in total. The van der Waals surface area contributed by atoms with Gasteiger partial charge in [-0.1, -0.05) is 26.8 Å². The summed E-state index contributed by atoms with van der Waals surface area (Å²) >= 11 is 0. The number of aldehydes is 1. The SMILES string of the molecule is CC(C)C(C)(CCC=O)c1cccnc1. The average Bonchev–Trinajstić information content (AvgIpc) is 2.27. The van der Waals surface area contributed by atoms with Crippen molar-refractivity contribution in [3.05, 3.63) is 30.1 Å². The Morgan fingerprint density at radius 1 is 1.53 bits per heavy atom. The molecule has 0 amide bonds. The fourth-order valence-corrected chi connectivity index (χ4v) is 1.83. The molecule has 0 spiro atoms. The van der Waals surface area contributed by atoms with Crippen molar-refractivity contribution in [3.8, 4) is 0 Å². The first-order valence-electron chi connectivity index (χ1n) is 5.45. The van der Waals surface area contributed by atoms with Crippen LogP contribution in [0.1, 0.15) is 39.2 Å². The minimum Gasteiger partial charge on any atom is -0.303 e. The Balaban J connectivity index is 2.96. The maximum atomic E-state index is 10.5. The third-order valence-corrected chi connectivity index (χ3v) is 3.38. The van der Waals surface area contributed by atoms with Gasteiger partial charge in [0.05, 0.1) is 0 Å². The summed E-state index contributed by atoms with van der Waals surface area (Å²) in [4.78, 5) is 14.6. The minimum atomic E-state index is 0.0508. The molecule has 0 aliphatic heterocycles. The van der Waals surface area contributed by atoms with E-state index in [1.165, 1.54) is 5.56 Å². The summed E-state index contributed by atoms with van der Waals surface area (Å²) in [5, 5.41) is 0. The van der Waals surface area contributed by atoms with Crippen molar-refractivity contribution in [2.75, 3.05) is 0 Å². The Bertz CT molecular complexity index is 308. The molecule has 82 valence electrons. The summed E-state index contributed by atoms with van der Waals surface area (Å²) in [7, 11) is 0. The number of hydrogen-bond donors (Lipinski definition) is 0. The molecule has 1 aromatic heterocycles. The van der Waals surface area contributed by atoms with Crippen LogP contribution in [0.25, 0.3) is 0 Å². The lowest BCUT2D eigenvalue weighted by atomic mass is 9.71. The van der Waals surface area contributed by atoms with Gasteiger partial charge in [0, 0.05) is 18.8 Å². The van der Waals surface area contributed by atoms with Crippen LogP contribution in [0.15, 0.2) is 24.5 Å². The topological polar surface area (TPSA) is 30.0 Å². The largest absolute Gasteiger partial charge is 0.303 e. The Labute approximate surface area is 91.7 Å². The summed E-state index contributed by atoms with van der Waals surface area (Å²) in [5.41, 5.74) is 1.27. The van der Waals surface area contributed by atoms with Gasteiger partial charge < -0.3 is 4.79 Å². The van der Waals surface area contributed by atoms with Gasteiger partial charge >= 0.3 is 0 Å². The predicted molar refractivity (Wildman–Crippen MR) is 61.7 cm³/mol. The molecule has 0 aliphatic rings. The van der Waals surface area contributed by atoms with Gasteiger partial charge in [-0.25, -0.2) is 0 Å². The maximum absolute atomic E-state index is 10.5. The zero-order chi connectivity index (χ0) is 11.3. The molecule has 1 rings (SSSR count). The highest BCUT2D eigenvalue weighted by Gasteiger charge is 2.29. The van der Waals surface area contributed by atoms with Crippen LogP contribution in [-0.4, -0.2) is 11.3 Å². The van der Waals surface area contributed by atoms with Crippen LogP contribution >= 0.6 is 0 Å². The van der Waals surface area contributed by atoms with Gasteiger partial charge in [-0.15, -0.1) is 0 Å². The second-order valence-corrected chi connectivity index (χ2v) is 4.52. The molecule has 0 saturated heterocycles. The van der Waals surface area contributed by atoms with Crippen LogP contribution in [0.5, 0.6) is 0 Å². The van der Waals surface area contributed by atoms with E-state index >= 15 is 0 Å². The zero-order valence-electron chi connectivity index (χ0n) is 9.73. The zero-order valence-corrected chi connectivity index (χ0v) is 9.73. The molecule has 1 heterocycles. The highest BCUT2D eigenvalue weighted by Crippen LogP contribution is 2.35. The molecular weight excluding hydrogens is 186 g/mol. The van der Waals surface area contributed by atoms with Crippen LogP contribution < -0.4 is 0 Å². The van der Waals surface area contributed by atoms with E-state index in [1.807, 2.05) is 12.3 Å². The third-order valence-electron chi connectivity index (χ3n) is 3.38. The van der Waals surface area contributed by atoms with Gasteiger partial charge in [-0.2, -0.15) is 0 Å². The highest BCUT2D eigenvalue weighted by atomic mass is 16.1. The molecule has 1 aromatic rings. The smallest absolute Gasteiger partial charge is 0.120 e. The standard InChI is InChI=1S/C13H19NO/c1-11(2)13(3,7-5-9-15)12-6-4-8-14-10-12/h4,6,8-11H,5,7H2,1-3H3. The normalized spacial score (nSPS) is 14.9. The first kappa shape index (κ1) is 11.9. The number of pyridine rings is 1. The molecule has 2 heteroatoms. The van der Waals surface area contributed by atoms with Crippen LogP contribution in [0.2, 0.25) is 0 Å². The number of carbonyl (C=O) groups is 1. The van der Waals surface area contributed by atoms with Crippen molar-refractivity contribution in [3.63, 3.8) is 0 Å². The van der Waals surface area contributed by atoms with E-state index in [9.17, 15) is 4.79 Å². The van der Waals surface area contributed by atoms with Crippen LogP contribution in [0.3, 0.4) is 0 Å². The van der Waals surface area contributed by atoms with Gasteiger partial charge in [-0.3, -0.25) is 4.98 Å². The first-order valence-corrected chi connectivity index (χ1v) is 5.45. The molecule has 0 fully saturated rings. The van der Waals surface area contributed by atoms with Gasteiger partial charge in [0.15, 0.2) is 0 Å². The van der Waals surface area contributed by atoms with Crippen LogP contribution in [-0.2, 0) is 10.2 Å². The average molecular weight is 205 g/mol. The van der Waals surface area contributed by atoms with E-state index in [1.54, 1.807) is 6.20 Å². The molecule has 15 heavy (non-hydrogen) atoms. The Hall–Kier alpha value is -1.18. The summed E-state index contributed by atoms with van der Waals surface area (Å²) in [6, 6.07) is 4.05. The summed E-state index contributed by atoms with van der Waals surface area (Å²) in [6.07, 6.45) is 6.19. The lowest BCUT2D eigenvalue weighted by molar-refractivity contribution is -0.108. The Morgan fingerprint density at radius 3 is 2.73 bits per heavy atom. The molecule has 0 radical (unpaired) electrons. The number of hydrogen-bond acceptors (Lipinski definition) is 2. The van der Waals surface area contributed by atoms with Gasteiger partial charge in [0.25, 0.3) is 0 Å². The van der Waals surface area contributed by atoms with Crippen molar-refractivity contribution in [1.82, 2.24) is 4.98 Å².